The molecule has 1 aromatic carbocycles. The lowest BCUT2D eigenvalue weighted by Crippen LogP contribution is -2.31. The van der Waals surface area contributed by atoms with Crippen molar-refractivity contribution in [2.75, 3.05) is 4.90 Å². The summed E-state index contributed by atoms with van der Waals surface area (Å²) in [5, 5.41) is 3.59. The van der Waals surface area contributed by atoms with Crippen molar-refractivity contribution in [2.45, 2.75) is 26.3 Å². The highest BCUT2D eigenvalue weighted by Gasteiger charge is 2.36. The van der Waals surface area contributed by atoms with Crippen LogP contribution in [0.2, 0.25) is 0 Å². The largest absolute Gasteiger partial charge is 0.350 e. The molecule has 3 nitrogen and oxygen atoms in total. The van der Waals surface area contributed by atoms with Gasteiger partial charge in [-0.05, 0) is 48.8 Å². The van der Waals surface area contributed by atoms with Crippen LogP contribution in [0.25, 0.3) is 0 Å². The van der Waals surface area contributed by atoms with Crippen LogP contribution in [0, 0.1) is 5.92 Å². The van der Waals surface area contributed by atoms with Crippen LogP contribution >= 0.6 is 28.1 Å². The summed E-state index contributed by atoms with van der Waals surface area (Å²) < 4.78 is 0.982. The molecular weight excluding hydrogens is 312 g/mol. The highest BCUT2D eigenvalue weighted by atomic mass is 79.9. The lowest BCUT2D eigenvalue weighted by molar-refractivity contribution is -0.118. The smallest absolute Gasteiger partial charge is 0.255 e. The summed E-state index contributed by atoms with van der Waals surface area (Å²) >= 11 is 8.62. The van der Waals surface area contributed by atoms with Gasteiger partial charge in [-0.15, -0.1) is 0 Å². The van der Waals surface area contributed by atoms with Gasteiger partial charge in [-0.2, -0.15) is 0 Å². The molecule has 0 aromatic heterocycles. The molecule has 0 saturated carbocycles. The fourth-order valence-corrected chi connectivity index (χ4v) is 2.60. The predicted octanol–water partition coefficient (Wildman–Crippen LogP) is 3.08. The molecular formula is C13H15BrN2OS. The quantitative estimate of drug-likeness (QED) is 0.866. The fourth-order valence-electron chi connectivity index (χ4n) is 2.00. The molecule has 0 unspecified atom stereocenters. The van der Waals surface area contributed by atoms with E-state index in [1.807, 2.05) is 24.3 Å². The predicted molar refractivity (Wildman–Crippen MR) is 80.6 cm³/mol. The van der Waals surface area contributed by atoms with Crippen molar-refractivity contribution in [1.29, 1.82) is 0 Å². The minimum Gasteiger partial charge on any atom is -0.350 e. The zero-order valence-corrected chi connectivity index (χ0v) is 12.7. The number of amides is 1. The van der Waals surface area contributed by atoms with Gasteiger partial charge in [-0.25, -0.2) is 0 Å². The second kappa shape index (κ2) is 5.36. The van der Waals surface area contributed by atoms with Crippen LogP contribution in [-0.4, -0.2) is 17.1 Å². The summed E-state index contributed by atoms with van der Waals surface area (Å²) in [6.45, 7) is 4.20. The Morgan fingerprint density at radius 2 is 2.00 bits per heavy atom. The second-order valence-electron chi connectivity index (χ2n) is 4.78. The zero-order chi connectivity index (χ0) is 13.3. The third-order valence-corrected chi connectivity index (χ3v) is 3.64. The summed E-state index contributed by atoms with van der Waals surface area (Å²) in [4.78, 5) is 13.9. The number of anilines is 1. The third kappa shape index (κ3) is 2.72. The van der Waals surface area contributed by atoms with Gasteiger partial charge in [0, 0.05) is 4.47 Å². The minimum absolute atomic E-state index is 0.0380. The van der Waals surface area contributed by atoms with Gasteiger partial charge >= 0.3 is 0 Å². The fraction of sp³-hybridized carbons (Fsp3) is 0.385. The Kier molecular flexibility index (Phi) is 4.02. The van der Waals surface area contributed by atoms with E-state index in [1.54, 1.807) is 4.90 Å². The first-order valence-electron chi connectivity index (χ1n) is 5.89. The molecule has 96 valence electrons. The SMILES string of the molecule is CC(C)C[C@@H]1NC(=S)N(c2ccc(Br)cc2)C1=O. The van der Waals surface area contributed by atoms with Gasteiger partial charge in [0.25, 0.3) is 5.91 Å². The zero-order valence-electron chi connectivity index (χ0n) is 10.3. The van der Waals surface area contributed by atoms with Crippen molar-refractivity contribution < 1.29 is 4.79 Å². The van der Waals surface area contributed by atoms with Gasteiger partial charge in [0.2, 0.25) is 0 Å². The maximum atomic E-state index is 12.3. The van der Waals surface area contributed by atoms with E-state index in [-0.39, 0.29) is 11.9 Å². The summed E-state index contributed by atoms with van der Waals surface area (Å²) in [7, 11) is 0. The molecule has 5 heteroatoms. The maximum Gasteiger partial charge on any atom is 0.255 e. The number of hydrogen-bond acceptors (Lipinski definition) is 2. The van der Waals surface area contributed by atoms with Crippen LogP contribution in [0.5, 0.6) is 0 Å². The first-order chi connectivity index (χ1) is 8.49. The van der Waals surface area contributed by atoms with Crippen LogP contribution in [0.15, 0.2) is 28.7 Å². The minimum atomic E-state index is -0.193. The summed E-state index contributed by atoms with van der Waals surface area (Å²) in [6.07, 6.45) is 0.798. The highest BCUT2D eigenvalue weighted by Crippen LogP contribution is 2.24. The molecule has 2 rings (SSSR count). The Morgan fingerprint density at radius 3 is 2.56 bits per heavy atom. The Bertz CT molecular complexity index is 472. The highest BCUT2D eigenvalue weighted by molar-refractivity contribution is 9.10. The maximum absolute atomic E-state index is 12.3. The first kappa shape index (κ1) is 13.5. The van der Waals surface area contributed by atoms with Crippen LogP contribution in [0.3, 0.4) is 0 Å². The average Bonchev–Trinajstić information content (AvgIpc) is 2.55. The number of nitrogens with zero attached hydrogens (tertiary/aromatic N) is 1. The molecule has 0 aliphatic carbocycles. The molecule has 1 amide bonds. The number of carbonyl (C=O) groups excluding carboxylic acids is 1. The molecule has 0 radical (unpaired) electrons. The van der Waals surface area contributed by atoms with Crippen LogP contribution < -0.4 is 10.2 Å². The molecule has 0 bridgehead atoms. The van der Waals surface area contributed by atoms with Gasteiger partial charge in [-0.1, -0.05) is 29.8 Å². The van der Waals surface area contributed by atoms with Gasteiger partial charge < -0.3 is 5.32 Å². The number of rotatable bonds is 3. The Hall–Kier alpha value is -0.940. The standard InChI is InChI=1S/C13H15BrN2OS/c1-8(2)7-11-12(17)16(13(18)15-11)10-5-3-9(14)4-6-10/h3-6,8,11H,7H2,1-2H3,(H,15,18)/t11-/m0/s1. The van der Waals surface area contributed by atoms with Gasteiger partial charge in [0.15, 0.2) is 5.11 Å². The van der Waals surface area contributed by atoms with Gasteiger partial charge in [-0.3, -0.25) is 9.69 Å². The molecule has 18 heavy (non-hydrogen) atoms. The van der Waals surface area contributed by atoms with Crippen LogP contribution in [-0.2, 0) is 4.79 Å². The van der Waals surface area contributed by atoms with E-state index in [9.17, 15) is 4.79 Å². The molecule has 1 heterocycles. The topological polar surface area (TPSA) is 32.3 Å². The summed E-state index contributed by atoms with van der Waals surface area (Å²) in [5.41, 5.74) is 0.812. The Labute approximate surface area is 121 Å². The van der Waals surface area contributed by atoms with E-state index in [4.69, 9.17) is 12.2 Å². The van der Waals surface area contributed by atoms with E-state index in [1.165, 1.54) is 0 Å². The van der Waals surface area contributed by atoms with E-state index >= 15 is 0 Å². The molecule has 1 saturated heterocycles. The molecule has 0 spiro atoms. The van der Waals surface area contributed by atoms with Crippen molar-refractivity contribution in [3.63, 3.8) is 0 Å². The number of carbonyl (C=O) groups is 1. The van der Waals surface area contributed by atoms with E-state index in [2.05, 4.69) is 35.1 Å². The normalized spacial score (nSPS) is 19.6. The Balaban J connectivity index is 2.21. The molecule has 1 aliphatic heterocycles. The number of thiocarbonyl (C=S) groups is 1. The van der Waals surface area contributed by atoms with Crippen molar-refractivity contribution >= 4 is 44.9 Å². The first-order valence-corrected chi connectivity index (χ1v) is 7.09. The monoisotopic (exact) mass is 326 g/mol. The second-order valence-corrected chi connectivity index (χ2v) is 6.08. The van der Waals surface area contributed by atoms with Crippen molar-refractivity contribution in [2.24, 2.45) is 5.92 Å². The molecule has 1 aliphatic rings. The summed E-state index contributed by atoms with van der Waals surface area (Å²) in [5.74, 6) is 0.496. The van der Waals surface area contributed by atoms with Gasteiger partial charge in [0.1, 0.15) is 6.04 Å². The average molecular weight is 327 g/mol. The lowest BCUT2D eigenvalue weighted by Gasteiger charge is -2.15. The number of nitrogens with one attached hydrogen (secondary N) is 1. The van der Waals surface area contributed by atoms with Gasteiger partial charge in [0.05, 0.1) is 5.69 Å². The molecule has 1 N–H and O–H groups in total. The number of hydrogen-bond donors (Lipinski definition) is 1. The summed E-state index contributed by atoms with van der Waals surface area (Å²) in [6, 6.07) is 7.38. The van der Waals surface area contributed by atoms with Crippen molar-refractivity contribution in [3.8, 4) is 0 Å². The number of benzene rings is 1. The molecule has 1 fully saturated rings. The Morgan fingerprint density at radius 1 is 1.39 bits per heavy atom. The molecule has 1 aromatic rings. The van der Waals surface area contributed by atoms with Crippen molar-refractivity contribution in [3.05, 3.63) is 28.7 Å². The molecule has 1 atom stereocenters. The number of halogens is 1. The van der Waals surface area contributed by atoms with E-state index in [0.717, 1.165) is 16.6 Å². The van der Waals surface area contributed by atoms with E-state index < -0.39 is 0 Å². The van der Waals surface area contributed by atoms with Crippen LogP contribution in [0.1, 0.15) is 20.3 Å². The van der Waals surface area contributed by atoms with Crippen LogP contribution in [0.4, 0.5) is 5.69 Å². The lowest BCUT2D eigenvalue weighted by atomic mass is 10.0. The van der Waals surface area contributed by atoms with E-state index in [0.29, 0.717) is 11.0 Å². The van der Waals surface area contributed by atoms with Crippen molar-refractivity contribution in [1.82, 2.24) is 5.32 Å². The third-order valence-electron chi connectivity index (χ3n) is 2.81.